The minimum Gasteiger partial charge on any atom is -0.469 e. The van der Waals surface area contributed by atoms with Gasteiger partial charge in [0, 0.05) is 19.7 Å². The molecular formula is C12H21NO3. The average Bonchev–Trinajstić information content (AvgIpc) is 2.96. The summed E-state index contributed by atoms with van der Waals surface area (Å²) in [6, 6.07) is 0. The molecule has 4 nitrogen and oxygen atoms in total. The van der Waals surface area contributed by atoms with Crippen LogP contribution in [0.3, 0.4) is 0 Å². The Bertz CT molecular complexity index is 238. The summed E-state index contributed by atoms with van der Waals surface area (Å²) >= 11 is 0. The second-order valence-corrected chi connectivity index (χ2v) is 4.73. The van der Waals surface area contributed by atoms with Crippen LogP contribution in [-0.2, 0) is 14.3 Å². The predicted octanol–water partition coefficient (Wildman–Crippen LogP) is 1.05. The number of nitrogens with zero attached hydrogens (tertiary/aromatic N) is 1. The van der Waals surface area contributed by atoms with E-state index in [1.54, 1.807) is 0 Å². The van der Waals surface area contributed by atoms with Crippen molar-refractivity contribution in [2.75, 3.05) is 33.4 Å². The summed E-state index contributed by atoms with van der Waals surface area (Å²) in [5, 5.41) is 0. The molecule has 92 valence electrons. The lowest BCUT2D eigenvalue weighted by molar-refractivity contribution is -0.144. The van der Waals surface area contributed by atoms with E-state index in [2.05, 4.69) is 4.90 Å². The standard InChI is InChI=1S/C12H21NO3/c1-15-12(14)10-4-6-13(9-10)7-5-11-3-2-8-16-11/h10-11H,2-9H2,1H3. The molecule has 2 saturated heterocycles. The molecule has 2 aliphatic heterocycles. The van der Waals surface area contributed by atoms with Crippen molar-refractivity contribution in [3.8, 4) is 0 Å². The molecule has 0 saturated carbocycles. The van der Waals surface area contributed by atoms with Gasteiger partial charge in [-0.3, -0.25) is 4.79 Å². The van der Waals surface area contributed by atoms with Crippen molar-refractivity contribution in [3.63, 3.8) is 0 Å². The smallest absolute Gasteiger partial charge is 0.310 e. The molecule has 0 radical (unpaired) electrons. The second-order valence-electron chi connectivity index (χ2n) is 4.73. The molecule has 0 N–H and O–H groups in total. The van der Waals surface area contributed by atoms with Gasteiger partial charge in [-0.25, -0.2) is 0 Å². The number of ether oxygens (including phenoxy) is 2. The maximum Gasteiger partial charge on any atom is 0.310 e. The first-order valence-electron chi connectivity index (χ1n) is 6.21. The van der Waals surface area contributed by atoms with E-state index in [1.165, 1.54) is 20.0 Å². The Hall–Kier alpha value is -0.610. The summed E-state index contributed by atoms with van der Waals surface area (Å²) in [5.41, 5.74) is 0. The van der Waals surface area contributed by atoms with Crippen molar-refractivity contribution in [1.82, 2.24) is 4.90 Å². The average molecular weight is 227 g/mol. The fourth-order valence-electron chi connectivity index (χ4n) is 2.59. The summed E-state index contributed by atoms with van der Waals surface area (Å²) in [4.78, 5) is 13.7. The van der Waals surface area contributed by atoms with Gasteiger partial charge in [0.2, 0.25) is 0 Å². The van der Waals surface area contributed by atoms with E-state index >= 15 is 0 Å². The van der Waals surface area contributed by atoms with Crippen LogP contribution < -0.4 is 0 Å². The third kappa shape index (κ3) is 2.95. The number of methoxy groups -OCH3 is 1. The lowest BCUT2D eigenvalue weighted by atomic mass is 10.1. The van der Waals surface area contributed by atoms with Crippen LogP contribution in [0.4, 0.5) is 0 Å². The van der Waals surface area contributed by atoms with Crippen molar-refractivity contribution >= 4 is 5.97 Å². The van der Waals surface area contributed by atoms with Gasteiger partial charge in [0.15, 0.2) is 0 Å². The summed E-state index contributed by atoms with van der Waals surface area (Å²) in [6.45, 7) is 3.86. The largest absolute Gasteiger partial charge is 0.469 e. The van der Waals surface area contributed by atoms with Crippen molar-refractivity contribution in [3.05, 3.63) is 0 Å². The first kappa shape index (κ1) is 11.9. The zero-order valence-electron chi connectivity index (χ0n) is 9.98. The lowest BCUT2D eigenvalue weighted by Gasteiger charge is -2.17. The molecule has 2 fully saturated rings. The van der Waals surface area contributed by atoms with Gasteiger partial charge in [0.05, 0.1) is 19.1 Å². The SMILES string of the molecule is COC(=O)C1CCN(CCC2CCCO2)C1. The zero-order valence-corrected chi connectivity index (χ0v) is 9.98. The van der Waals surface area contributed by atoms with Crippen LogP contribution in [0, 0.1) is 5.92 Å². The fraction of sp³-hybridized carbons (Fsp3) is 0.917. The molecule has 2 aliphatic rings. The molecule has 2 heterocycles. The second kappa shape index (κ2) is 5.64. The van der Waals surface area contributed by atoms with Gasteiger partial charge in [-0.2, -0.15) is 0 Å². The Balaban J connectivity index is 1.66. The highest BCUT2D eigenvalue weighted by Gasteiger charge is 2.29. The van der Waals surface area contributed by atoms with E-state index < -0.39 is 0 Å². The molecule has 0 spiro atoms. The highest BCUT2D eigenvalue weighted by molar-refractivity contribution is 5.72. The number of likely N-dealkylation sites (tertiary alicyclic amines) is 1. The molecule has 0 aromatic rings. The van der Waals surface area contributed by atoms with E-state index in [4.69, 9.17) is 9.47 Å². The normalized spacial score (nSPS) is 30.8. The Morgan fingerprint density at radius 2 is 2.38 bits per heavy atom. The number of hydrogen-bond acceptors (Lipinski definition) is 4. The van der Waals surface area contributed by atoms with Crippen LogP contribution in [0.2, 0.25) is 0 Å². The number of rotatable bonds is 4. The molecule has 0 aromatic heterocycles. The first-order valence-corrected chi connectivity index (χ1v) is 6.21. The van der Waals surface area contributed by atoms with E-state index in [-0.39, 0.29) is 11.9 Å². The predicted molar refractivity (Wildman–Crippen MR) is 60.2 cm³/mol. The highest BCUT2D eigenvalue weighted by atomic mass is 16.5. The highest BCUT2D eigenvalue weighted by Crippen LogP contribution is 2.20. The third-order valence-corrected chi connectivity index (χ3v) is 3.60. The summed E-state index contributed by atoms with van der Waals surface area (Å²) in [5.74, 6) is 0.0362. The van der Waals surface area contributed by atoms with Gasteiger partial charge in [-0.15, -0.1) is 0 Å². The fourth-order valence-corrected chi connectivity index (χ4v) is 2.59. The monoisotopic (exact) mass is 227 g/mol. The van der Waals surface area contributed by atoms with E-state index in [0.717, 1.165) is 39.1 Å². The van der Waals surface area contributed by atoms with Crippen LogP contribution in [0.25, 0.3) is 0 Å². The van der Waals surface area contributed by atoms with Gasteiger partial charge in [0.25, 0.3) is 0 Å². The van der Waals surface area contributed by atoms with Crippen LogP contribution >= 0.6 is 0 Å². The van der Waals surface area contributed by atoms with E-state index in [1.807, 2.05) is 0 Å². The summed E-state index contributed by atoms with van der Waals surface area (Å²) in [7, 11) is 1.47. The minimum atomic E-state index is -0.0559. The van der Waals surface area contributed by atoms with Gasteiger partial charge in [-0.05, 0) is 32.2 Å². The summed E-state index contributed by atoms with van der Waals surface area (Å²) < 4.78 is 10.4. The lowest BCUT2D eigenvalue weighted by Crippen LogP contribution is -2.27. The van der Waals surface area contributed by atoms with E-state index in [9.17, 15) is 4.79 Å². The maximum absolute atomic E-state index is 11.3. The molecule has 2 unspecified atom stereocenters. The number of hydrogen-bond donors (Lipinski definition) is 0. The Morgan fingerprint density at radius 3 is 3.06 bits per heavy atom. The molecule has 16 heavy (non-hydrogen) atoms. The topological polar surface area (TPSA) is 38.8 Å². The number of esters is 1. The van der Waals surface area contributed by atoms with Crippen LogP contribution in [0.1, 0.15) is 25.7 Å². The van der Waals surface area contributed by atoms with Crippen LogP contribution in [0.15, 0.2) is 0 Å². The van der Waals surface area contributed by atoms with Crippen molar-refractivity contribution in [1.29, 1.82) is 0 Å². The Morgan fingerprint density at radius 1 is 1.50 bits per heavy atom. The molecule has 2 atom stereocenters. The Kier molecular flexibility index (Phi) is 4.18. The maximum atomic E-state index is 11.3. The zero-order chi connectivity index (χ0) is 11.4. The molecule has 0 aliphatic carbocycles. The number of carbonyl (C=O) groups is 1. The van der Waals surface area contributed by atoms with Crippen molar-refractivity contribution in [2.45, 2.75) is 31.8 Å². The van der Waals surface area contributed by atoms with Crippen LogP contribution in [-0.4, -0.2) is 50.3 Å². The van der Waals surface area contributed by atoms with Crippen LogP contribution in [0.5, 0.6) is 0 Å². The summed E-state index contributed by atoms with van der Waals surface area (Å²) in [6.07, 6.45) is 4.91. The first-order chi connectivity index (χ1) is 7.79. The number of carbonyl (C=O) groups excluding carboxylic acids is 1. The molecule has 2 rings (SSSR count). The van der Waals surface area contributed by atoms with Crippen molar-refractivity contribution < 1.29 is 14.3 Å². The molecular weight excluding hydrogens is 206 g/mol. The van der Waals surface area contributed by atoms with E-state index in [0.29, 0.717) is 6.10 Å². The molecule has 4 heteroatoms. The van der Waals surface area contributed by atoms with Gasteiger partial charge < -0.3 is 14.4 Å². The van der Waals surface area contributed by atoms with Crippen molar-refractivity contribution in [2.24, 2.45) is 5.92 Å². The molecule has 0 aromatic carbocycles. The molecule has 0 amide bonds. The van der Waals surface area contributed by atoms with Gasteiger partial charge >= 0.3 is 5.97 Å². The quantitative estimate of drug-likeness (QED) is 0.673. The van der Waals surface area contributed by atoms with Gasteiger partial charge in [0.1, 0.15) is 0 Å². The Labute approximate surface area is 96.9 Å². The van der Waals surface area contributed by atoms with Gasteiger partial charge in [-0.1, -0.05) is 0 Å². The minimum absolute atomic E-state index is 0.0559. The third-order valence-electron chi connectivity index (χ3n) is 3.60. The molecule has 0 bridgehead atoms.